The van der Waals surface area contributed by atoms with Crippen molar-refractivity contribution in [3.63, 3.8) is 0 Å². The van der Waals surface area contributed by atoms with Crippen molar-refractivity contribution in [3.8, 4) is 16.2 Å². The minimum atomic E-state index is -1.17. The Balaban J connectivity index is 1.51. The molecule has 2 aromatic carbocycles. The fraction of sp³-hybridized carbons (Fsp3) is 0.105. The van der Waals surface area contributed by atoms with Crippen LogP contribution < -0.4 is 4.74 Å². The van der Waals surface area contributed by atoms with E-state index < -0.39 is 11.9 Å². The molecule has 27 heavy (non-hydrogen) atoms. The van der Waals surface area contributed by atoms with Crippen LogP contribution in [0, 0.1) is 3.82 Å². The highest BCUT2D eigenvalue weighted by Gasteiger charge is 2.16. The van der Waals surface area contributed by atoms with Gasteiger partial charge in [-0.1, -0.05) is 45.0 Å². The molecule has 0 atom stereocenters. The number of carboxylic acid groups (broad SMARTS) is 1. The lowest BCUT2D eigenvalue weighted by Gasteiger charge is -2.09. The van der Waals surface area contributed by atoms with Gasteiger partial charge in [-0.25, -0.2) is 9.59 Å². The van der Waals surface area contributed by atoms with Gasteiger partial charge >= 0.3 is 11.9 Å². The van der Waals surface area contributed by atoms with Crippen LogP contribution in [0.2, 0.25) is 0 Å². The Hall–Kier alpha value is -2.55. The molecule has 138 valence electrons. The molecule has 3 rings (SSSR count). The minimum Gasteiger partial charge on any atom is -0.490 e. The third kappa shape index (κ3) is 5.00. The molecule has 0 spiro atoms. The summed E-state index contributed by atoms with van der Waals surface area (Å²) >= 11 is 5.14. The van der Waals surface area contributed by atoms with Gasteiger partial charge in [-0.3, -0.25) is 0 Å². The fourth-order valence-electron chi connectivity index (χ4n) is 2.31. The zero-order chi connectivity index (χ0) is 19.2. The molecule has 1 heterocycles. The van der Waals surface area contributed by atoms with Crippen molar-refractivity contribution in [1.82, 2.24) is 0 Å². The number of aromatic carboxylic acids is 1. The van der Waals surface area contributed by atoms with E-state index in [-0.39, 0.29) is 24.3 Å². The first-order chi connectivity index (χ1) is 13.0. The monoisotopic (exact) mass is 418 g/mol. The zero-order valence-electron chi connectivity index (χ0n) is 13.9. The maximum Gasteiger partial charge on any atom is 0.339 e. The lowest BCUT2D eigenvalue weighted by atomic mass is 10.1. The third-order valence-electron chi connectivity index (χ3n) is 3.56. The van der Waals surface area contributed by atoms with E-state index in [2.05, 4.69) is 0 Å². The molecule has 0 aliphatic carbocycles. The van der Waals surface area contributed by atoms with E-state index in [1.807, 2.05) is 30.3 Å². The summed E-state index contributed by atoms with van der Waals surface area (Å²) in [6.07, 6.45) is 0. The largest absolute Gasteiger partial charge is 0.490 e. The molecule has 0 amide bonds. The van der Waals surface area contributed by atoms with E-state index in [1.165, 1.54) is 12.1 Å². The number of carboxylic acids is 1. The van der Waals surface area contributed by atoms with Gasteiger partial charge in [-0.15, -0.1) is 0 Å². The fourth-order valence-corrected chi connectivity index (χ4v) is 4.71. The molecule has 1 N–H and O–H groups in total. The van der Waals surface area contributed by atoms with Crippen molar-refractivity contribution in [3.05, 3.63) is 69.5 Å². The van der Waals surface area contributed by atoms with E-state index in [1.54, 1.807) is 32.8 Å². The van der Waals surface area contributed by atoms with Gasteiger partial charge in [0.1, 0.15) is 22.8 Å². The average molecular weight is 419 g/mol. The SMILES string of the molecule is O=C(O)c1ccccc1C(=O)OCCOc1ccc(-c2cc(=S)ss2)cc1. The maximum atomic E-state index is 12.0. The smallest absolute Gasteiger partial charge is 0.339 e. The van der Waals surface area contributed by atoms with E-state index in [0.717, 1.165) is 14.3 Å². The van der Waals surface area contributed by atoms with Gasteiger partial charge < -0.3 is 14.6 Å². The number of esters is 1. The predicted octanol–water partition coefficient (Wildman–Crippen LogP) is 5.14. The molecule has 0 aliphatic heterocycles. The summed E-state index contributed by atoms with van der Waals surface area (Å²) in [5.74, 6) is -1.21. The molecular formula is C19H14O5S3. The van der Waals surface area contributed by atoms with Crippen LogP contribution in [0.4, 0.5) is 0 Å². The summed E-state index contributed by atoms with van der Waals surface area (Å²) in [6, 6.07) is 15.5. The second-order valence-corrected chi connectivity index (χ2v) is 8.27. The van der Waals surface area contributed by atoms with E-state index >= 15 is 0 Å². The number of hydrogen-bond donors (Lipinski definition) is 1. The Kier molecular flexibility index (Phi) is 6.33. The van der Waals surface area contributed by atoms with Crippen molar-refractivity contribution in [2.45, 2.75) is 0 Å². The summed E-state index contributed by atoms with van der Waals surface area (Å²) in [5, 5.41) is 9.10. The highest BCUT2D eigenvalue weighted by atomic mass is 32.9. The Bertz CT molecular complexity index is 1000. The van der Waals surface area contributed by atoms with Crippen LogP contribution in [0.3, 0.4) is 0 Å². The summed E-state index contributed by atoms with van der Waals surface area (Å²) in [6.45, 7) is 0.179. The normalized spacial score (nSPS) is 10.4. The first-order valence-electron chi connectivity index (χ1n) is 7.87. The molecule has 0 saturated carbocycles. The van der Waals surface area contributed by atoms with Crippen LogP contribution in [-0.2, 0) is 4.74 Å². The van der Waals surface area contributed by atoms with Crippen LogP contribution >= 0.6 is 32.9 Å². The minimum absolute atomic E-state index is 0.0143. The van der Waals surface area contributed by atoms with Gasteiger partial charge in [0.05, 0.1) is 11.1 Å². The molecule has 0 unspecified atom stereocenters. The number of carbonyl (C=O) groups is 2. The van der Waals surface area contributed by atoms with Gasteiger partial charge in [0.15, 0.2) is 0 Å². The van der Waals surface area contributed by atoms with Crippen molar-refractivity contribution < 1.29 is 24.2 Å². The quantitative estimate of drug-likeness (QED) is 0.248. The molecule has 1 aromatic heterocycles. The number of carbonyl (C=O) groups excluding carboxylic acids is 1. The van der Waals surface area contributed by atoms with Crippen molar-refractivity contribution in [2.24, 2.45) is 0 Å². The van der Waals surface area contributed by atoms with Gasteiger partial charge in [0, 0.05) is 4.88 Å². The molecule has 0 fully saturated rings. The maximum absolute atomic E-state index is 12.0. The Morgan fingerprint density at radius 2 is 1.67 bits per heavy atom. The molecule has 0 radical (unpaired) electrons. The first kappa shape index (κ1) is 19.2. The van der Waals surface area contributed by atoms with Crippen LogP contribution in [0.15, 0.2) is 54.6 Å². The van der Waals surface area contributed by atoms with E-state index in [9.17, 15) is 9.59 Å². The summed E-state index contributed by atoms with van der Waals surface area (Å²) in [7, 11) is 3.20. The molecule has 3 aromatic rings. The van der Waals surface area contributed by atoms with Gasteiger partial charge in [-0.2, -0.15) is 0 Å². The highest BCUT2D eigenvalue weighted by molar-refractivity contribution is 7.80. The van der Waals surface area contributed by atoms with Gasteiger partial charge in [-0.05, 0) is 48.0 Å². The molecule has 8 heteroatoms. The van der Waals surface area contributed by atoms with Crippen molar-refractivity contribution >= 4 is 44.8 Å². The predicted molar refractivity (Wildman–Crippen MR) is 108 cm³/mol. The zero-order valence-corrected chi connectivity index (χ0v) is 16.4. The lowest BCUT2D eigenvalue weighted by molar-refractivity contribution is 0.0442. The Labute approximate surface area is 167 Å². The number of ether oxygens (including phenoxy) is 2. The molecular weight excluding hydrogens is 404 g/mol. The van der Waals surface area contributed by atoms with E-state index in [4.69, 9.17) is 26.8 Å². The van der Waals surface area contributed by atoms with Crippen LogP contribution in [0.5, 0.6) is 5.75 Å². The van der Waals surface area contributed by atoms with Gasteiger partial charge in [0.2, 0.25) is 0 Å². The van der Waals surface area contributed by atoms with Crippen molar-refractivity contribution in [1.29, 1.82) is 0 Å². The number of benzene rings is 2. The van der Waals surface area contributed by atoms with E-state index in [0.29, 0.717) is 5.75 Å². The Morgan fingerprint density at radius 1 is 0.963 bits per heavy atom. The lowest BCUT2D eigenvalue weighted by Crippen LogP contribution is -2.15. The second-order valence-electron chi connectivity index (χ2n) is 5.35. The standard InChI is InChI=1S/C19H14O5S3/c20-18(21)14-3-1-2-4-15(14)19(22)24-10-9-23-13-7-5-12(6-8-13)16-11-17(25)27-26-16/h1-8,11H,9-10H2,(H,20,21). The molecule has 0 saturated heterocycles. The second kappa shape index (κ2) is 8.90. The van der Waals surface area contributed by atoms with Crippen LogP contribution in [0.1, 0.15) is 20.7 Å². The number of hydrogen-bond acceptors (Lipinski definition) is 7. The molecule has 0 bridgehead atoms. The first-order valence-corrected chi connectivity index (χ1v) is 10.4. The summed E-state index contributed by atoms with van der Waals surface area (Å²) in [4.78, 5) is 24.3. The summed E-state index contributed by atoms with van der Waals surface area (Å²) < 4.78 is 11.5. The third-order valence-corrected chi connectivity index (χ3v) is 6.47. The average Bonchev–Trinajstić information content (AvgIpc) is 3.12. The number of rotatable bonds is 7. The topological polar surface area (TPSA) is 72.8 Å². The van der Waals surface area contributed by atoms with Crippen LogP contribution in [0.25, 0.3) is 10.4 Å². The Morgan fingerprint density at radius 3 is 2.30 bits per heavy atom. The molecule has 5 nitrogen and oxygen atoms in total. The van der Waals surface area contributed by atoms with Crippen molar-refractivity contribution in [2.75, 3.05) is 13.2 Å². The van der Waals surface area contributed by atoms with Crippen LogP contribution in [-0.4, -0.2) is 30.3 Å². The summed E-state index contributed by atoms with van der Waals surface area (Å²) in [5.41, 5.74) is 1.000. The highest BCUT2D eigenvalue weighted by Crippen LogP contribution is 2.30. The van der Waals surface area contributed by atoms with Gasteiger partial charge in [0.25, 0.3) is 0 Å². The molecule has 0 aliphatic rings.